The first-order chi connectivity index (χ1) is 4.47. The zero-order chi connectivity index (χ0) is 6.10. The molecular weight excluding hydrogens is 203 g/mol. The molecule has 0 unspecified atom stereocenters. The van der Waals surface area contributed by atoms with Crippen molar-refractivity contribution in [1.82, 2.24) is 15.0 Å². The van der Waals surface area contributed by atoms with Crippen molar-refractivity contribution >= 4 is 11.2 Å². The number of nitrogens with zero attached hydrogens (tertiary/aromatic N) is 3. The van der Waals surface area contributed by atoms with E-state index in [0.29, 0.717) is 5.65 Å². The van der Waals surface area contributed by atoms with Gasteiger partial charge in [-0.2, -0.15) is 0 Å². The summed E-state index contributed by atoms with van der Waals surface area (Å²) >= 11 is 0. The Morgan fingerprint density at radius 3 is 3.10 bits per heavy atom. The monoisotopic (exact) mass is 206 g/mol. The summed E-state index contributed by atoms with van der Waals surface area (Å²) in [7, 11) is 0. The summed E-state index contributed by atoms with van der Waals surface area (Å²) in [4.78, 5) is 11.7. The van der Waals surface area contributed by atoms with E-state index in [2.05, 4.69) is 21.0 Å². The van der Waals surface area contributed by atoms with Crippen LogP contribution in [0.2, 0.25) is 0 Å². The first kappa shape index (κ1) is 7.83. The Morgan fingerprint density at radius 2 is 2.30 bits per heavy atom. The van der Waals surface area contributed by atoms with Gasteiger partial charge < -0.3 is 9.97 Å². The maximum absolute atomic E-state index is 3.91. The topological polar surface area (TPSA) is 39.9 Å². The van der Waals surface area contributed by atoms with Crippen molar-refractivity contribution in [2.45, 2.75) is 0 Å². The molecule has 0 bridgehead atoms. The molecule has 0 aliphatic carbocycles. The molecule has 0 fully saturated rings. The number of aromatic nitrogens is 3. The minimum atomic E-state index is 0. The predicted molar refractivity (Wildman–Crippen MR) is 31.7 cm³/mol. The van der Waals surface area contributed by atoms with Crippen LogP contribution in [0.1, 0.15) is 0 Å². The Bertz CT molecular complexity index is 287. The molecule has 0 aliphatic rings. The smallest absolute Gasteiger partial charge is 0.0537 e. The van der Waals surface area contributed by atoms with Crippen LogP contribution in [0.25, 0.3) is 11.2 Å². The van der Waals surface area contributed by atoms with Crippen molar-refractivity contribution in [1.29, 1.82) is 0 Å². The van der Waals surface area contributed by atoms with Gasteiger partial charge in [0.25, 0.3) is 0 Å². The Hall–Kier alpha value is -0.276. The molecular formula is C6H3N3Y-. The van der Waals surface area contributed by atoms with Gasteiger partial charge in [0.15, 0.2) is 0 Å². The minimum Gasteiger partial charge on any atom is -0.442 e. The second-order valence-electron chi connectivity index (χ2n) is 1.65. The van der Waals surface area contributed by atoms with E-state index in [1.807, 2.05) is 0 Å². The molecule has 2 heterocycles. The number of hydrogen-bond acceptors (Lipinski definition) is 2. The van der Waals surface area contributed by atoms with Crippen LogP contribution in [-0.4, -0.2) is 9.97 Å². The predicted octanol–water partition coefficient (Wildman–Crippen LogP) is 0.385. The Balaban J connectivity index is 0.000000500. The van der Waals surface area contributed by atoms with E-state index in [1.54, 1.807) is 12.3 Å². The van der Waals surface area contributed by atoms with Crippen LogP contribution >= 0.6 is 0 Å². The largest absolute Gasteiger partial charge is 0.442 e. The van der Waals surface area contributed by atoms with Gasteiger partial charge in [0.1, 0.15) is 0 Å². The average Bonchev–Trinajstić information content (AvgIpc) is 2.33. The third kappa shape index (κ3) is 1.25. The van der Waals surface area contributed by atoms with Gasteiger partial charge in [0.05, 0.1) is 5.65 Å². The summed E-state index contributed by atoms with van der Waals surface area (Å²) < 4.78 is 0. The number of imidazole rings is 1. The van der Waals surface area contributed by atoms with Gasteiger partial charge in [-0.25, -0.2) is 0 Å². The van der Waals surface area contributed by atoms with Gasteiger partial charge in [-0.15, -0.1) is 0 Å². The number of hydrogen-bond donors (Lipinski definition) is 0. The Labute approximate surface area is 83.1 Å². The van der Waals surface area contributed by atoms with Gasteiger partial charge in [-0.05, 0) is 11.6 Å². The molecule has 2 aromatic rings. The normalized spacial score (nSPS) is 9.20. The summed E-state index contributed by atoms with van der Waals surface area (Å²) in [6.07, 6.45) is 3.07. The molecule has 0 aliphatic heterocycles. The molecule has 0 aromatic carbocycles. The molecule has 2 radical (unpaired) electrons. The molecule has 2 aromatic heterocycles. The maximum atomic E-state index is 3.91. The fourth-order valence-electron chi connectivity index (χ4n) is 0.686. The zero-order valence-electron chi connectivity index (χ0n) is 5.15. The molecule has 0 spiro atoms. The molecule has 0 N–H and O–H groups in total. The Kier molecular flexibility index (Phi) is 2.52. The van der Waals surface area contributed by atoms with E-state index in [9.17, 15) is 0 Å². The maximum Gasteiger partial charge on any atom is 0.0537 e. The van der Waals surface area contributed by atoms with Gasteiger partial charge in [-0.1, -0.05) is 6.33 Å². The summed E-state index contributed by atoms with van der Waals surface area (Å²) in [6, 6.07) is 4.57. The molecule has 10 heavy (non-hydrogen) atoms. The SMILES string of the molecule is [Y].[c]1cnc2nc[n-]c2c1. The van der Waals surface area contributed by atoms with Gasteiger partial charge in [0.2, 0.25) is 0 Å². The third-order valence-corrected chi connectivity index (χ3v) is 1.09. The molecule has 0 amide bonds. The second-order valence-corrected chi connectivity index (χ2v) is 1.65. The van der Waals surface area contributed by atoms with Gasteiger partial charge in [0, 0.05) is 45.0 Å². The van der Waals surface area contributed by atoms with Crippen molar-refractivity contribution in [3.63, 3.8) is 0 Å². The van der Waals surface area contributed by atoms with E-state index >= 15 is 0 Å². The first-order valence-corrected chi connectivity index (χ1v) is 2.56. The molecule has 0 saturated heterocycles. The second kappa shape index (κ2) is 3.21. The summed E-state index contributed by atoms with van der Waals surface area (Å²) in [5, 5.41) is 0. The van der Waals surface area contributed by atoms with Crippen molar-refractivity contribution in [2.24, 2.45) is 0 Å². The fourth-order valence-corrected chi connectivity index (χ4v) is 0.686. The standard InChI is InChI=1S/C6H3N3.Y/c1-2-5-6(7-3-1)9-4-8-5;/h2-4H;/q-1;. The molecule has 3 nitrogen and oxygen atoms in total. The average molecular weight is 206 g/mol. The Morgan fingerprint density at radius 1 is 1.40 bits per heavy atom. The van der Waals surface area contributed by atoms with E-state index < -0.39 is 0 Å². The number of rotatable bonds is 0. The summed E-state index contributed by atoms with van der Waals surface area (Å²) in [5.74, 6) is 0. The third-order valence-electron chi connectivity index (χ3n) is 1.09. The van der Waals surface area contributed by atoms with E-state index in [-0.39, 0.29) is 32.7 Å². The van der Waals surface area contributed by atoms with Crippen LogP contribution in [-0.2, 0) is 32.7 Å². The summed E-state index contributed by atoms with van der Waals surface area (Å²) in [5.41, 5.74) is 1.49. The molecule has 2 rings (SSSR count). The fraction of sp³-hybridized carbons (Fsp3) is 0. The van der Waals surface area contributed by atoms with Crippen LogP contribution in [0.5, 0.6) is 0 Å². The molecule has 0 saturated carbocycles. The summed E-state index contributed by atoms with van der Waals surface area (Å²) in [6.45, 7) is 0. The first-order valence-electron chi connectivity index (χ1n) is 2.56. The van der Waals surface area contributed by atoms with E-state index in [0.717, 1.165) is 5.52 Å². The van der Waals surface area contributed by atoms with Gasteiger partial charge in [-0.3, -0.25) is 4.98 Å². The van der Waals surface area contributed by atoms with Crippen molar-refractivity contribution < 1.29 is 32.7 Å². The zero-order valence-corrected chi connectivity index (χ0v) is 7.99. The van der Waals surface area contributed by atoms with Crippen molar-refractivity contribution in [2.75, 3.05) is 0 Å². The van der Waals surface area contributed by atoms with Crippen LogP contribution in [0.4, 0.5) is 0 Å². The van der Waals surface area contributed by atoms with Crippen LogP contribution in [0.15, 0.2) is 18.6 Å². The van der Waals surface area contributed by atoms with Crippen LogP contribution in [0, 0.1) is 6.07 Å². The number of fused-ring (bicyclic) bond motifs is 1. The quantitative estimate of drug-likeness (QED) is 0.625. The number of pyridine rings is 1. The van der Waals surface area contributed by atoms with Gasteiger partial charge >= 0.3 is 0 Å². The molecule has 46 valence electrons. The molecule has 0 atom stereocenters. The van der Waals surface area contributed by atoms with Crippen LogP contribution < -0.4 is 4.98 Å². The van der Waals surface area contributed by atoms with Crippen molar-refractivity contribution in [3.05, 3.63) is 24.7 Å². The van der Waals surface area contributed by atoms with Crippen molar-refractivity contribution in [3.8, 4) is 0 Å². The van der Waals surface area contributed by atoms with E-state index in [1.165, 1.54) is 6.33 Å². The molecule has 4 heteroatoms. The van der Waals surface area contributed by atoms with Crippen LogP contribution in [0.3, 0.4) is 0 Å². The van der Waals surface area contributed by atoms with E-state index in [4.69, 9.17) is 0 Å². The minimum absolute atomic E-state index is 0.